The van der Waals surface area contributed by atoms with Gasteiger partial charge in [-0.15, -0.1) is 0 Å². The summed E-state index contributed by atoms with van der Waals surface area (Å²) in [4.78, 5) is 1.99. The molecule has 9 rings (SSSR count). The zero-order valence-electron chi connectivity index (χ0n) is 26.1. The van der Waals surface area contributed by atoms with Crippen LogP contribution in [0, 0.1) is 29.1 Å². The van der Waals surface area contributed by atoms with E-state index in [1.807, 2.05) is 89.8 Å². The van der Waals surface area contributed by atoms with Gasteiger partial charge in [0.15, 0.2) is 0 Å². The lowest BCUT2D eigenvalue weighted by Crippen LogP contribution is -2.10. The highest BCUT2D eigenvalue weighted by Gasteiger charge is 2.21. The number of hydrogen-bond acceptors (Lipinski definition) is 1. The predicted octanol–water partition coefficient (Wildman–Crippen LogP) is 12.0. The molecule has 7 aromatic carbocycles. The van der Waals surface area contributed by atoms with E-state index in [1.165, 1.54) is 36.4 Å². The van der Waals surface area contributed by atoms with Crippen molar-refractivity contribution >= 4 is 60.7 Å². The first-order valence-electron chi connectivity index (χ1n) is 15.9. The number of benzene rings is 7. The lowest BCUT2D eigenvalue weighted by Gasteiger charge is -2.26. The second kappa shape index (κ2) is 11.3. The fourth-order valence-corrected chi connectivity index (χ4v) is 7.08. The molecule has 9 aromatic rings. The van der Waals surface area contributed by atoms with Gasteiger partial charge in [0.2, 0.25) is 0 Å². The fourth-order valence-electron chi connectivity index (χ4n) is 7.08. The minimum Gasteiger partial charge on any atom is -0.310 e. The monoisotopic (exact) mass is 665 g/mol. The van der Waals surface area contributed by atoms with Gasteiger partial charge in [0.1, 0.15) is 29.1 Å². The molecule has 0 saturated carbocycles. The predicted molar refractivity (Wildman–Crippen MR) is 190 cm³/mol. The summed E-state index contributed by atoms with van der Waals surface area (Å²) >= 11 is 0. The van der Waals surface area contributed by atoms with Crippen LogP contribution in [0.5, 0.6) is 0 Å². The second-order valence-corrected chi connectivity index (χ2v) is 12.1. The van der Waals surface area contributed by atoms with Gasteiger partial charge in [-0.25, -0.2) is 22.0 Å². The maximum Gasteiger partial charge on any atom is 0.150 e. The van der Waals surface area contributed by atoms with E-state index in [0.29, 0.717) is 5.69 Å². The highest BCUT2D eigenvalue weighted by Crippen LogP contribution is 2.42. The van der Waals surface area contributed by atoms with Crippen LogP contribution in [0.4, 0.5) is 39.0 Å². The minimum absolute atomic E-state index is 0.222. The molecule has 50 heavy (non-hydrogen) atoms. The number of halogens is 5. The Kier molecular flexibility index (Phi) is 6.74. The molecule has 0 saturated heterocycles. The molecule has 0 atom stereocenters. The van der Waals surface area contributed by atoms with Crippen LogP contribution in [0.3, 0.4) is 0 Å². The summed E-state index contributed by atoms with van der Waals surface area (Å²) < 4.78 is 76.0. The Morgan fingerprint density at radius 3 is 1.20 bits per heavy atom. The summed E-state index contributed by atoms with van der Waals surface area (Å²) in [5, 5.41) is 3.40. The number of anilines is 3. The quantitative estimate of drug-likeness (QED) is 0.167. The Morgan fingerprint density at radius 1 is 0.340 bits per heavy atom. The highest BCUT2D eigenvalue weighted by molar-refractivity contribution is 6.12. The molecule has 0 fully saturated rings. The third kappa shape index (κ3) is 4.63. The van der Waals surface area contributed by atoms with Crippen LogP contribution in [0.1, 0.15) is 0 Å². The van der Waals surface area contributed by atoms with Gasteiger partial charge >= 0.3 is 0 Å². The van der Waals surface area contributed by atoms with Crippen molar-refractivity contribution in [1.29, 1.82) is 0 Å². The zero-order chi connectivity index (χ0) is 34.1. The first kappa shape index (κ1) is 29.7. The van der Waals surface area contributed by atoms with E-state index in [1.54, 1.807) is 21.3 Å². The summed E-state index contributed by atoms with van der Waals surface area (Å²) in [5.41, 5.74) is 5.57. The van der Waals surface area contributed by atoms with Crippen molar-refractivity contribution in [1.82, 2.24) is 9.13 Å². The van der Waals surface area contributed by atoms with Gasteiger partial charge in [-0.1, -0.05) is 36.4 Å². The van der Waals surface area contributed by atoms with E-state index in [2.05, 4.69) is 0 Å². The Balaban J connectivity index is 1.28. The molecule has 0 bridgehead atoms. The first-order valence-corrected chi connectivity index (χ1v) is 15.9. The van der Waals surface area contributed by atoms with E-state index >= 15 is 8.78 Å². The van der Waals surface area contributed by atoms with Crippen molar-refractivity contribution in [2.45, 2.75) is 0 Å². The molecular formula is C42H24F5N3. The van der Waals surface area contributed by atoms with Gasteiger partial charge in [0.05, 0.1) is 33.4 Å². The molecule has 2 heterocycles. The van der Waals surface area contributed by atoms with Crippen molar-refractivity contribution in [3.8, 4) is 11.4 Å². The van der Waals surface area contributed by atoms with Crippen molar-refractivity contribution in [3.05, 3.63) is 175 Å². The lowest BCUT2D eigenvalue weighted by molar-refractivity contribution is 0.578. The number of para-hydroxylation sites is 2. The molecule has 8 heteroatoms. The van der Waals surface area contributed by atoms with E-state index in [0.717, 1.165) is 67.1 Å². The Labute approximate surface area is 282 Å². The summed E-state index contributed by atoms with van der Waals surface area (Å²) in [7, 11) is 0. The molecule has 2 aromatic heterocycles. The number of aromatic nitrogens is 2. The first-order chi connectivity index (χ1) is 24.4. The van der Waals surface area contributed by atoms with E-state index in [-0.39, 0.29) is 17.2 Å². The average molecular weight is 666 g/mol. The number of hydrogen-bond donors (Lipinski definition) is 0. The minimum atomic E-state index is -0.683. The molecule has 0 spiro atoms. The van der Waals surface area contributed by atoms with Crippen molar-refractivity contribution < 1.29 is 22.0 Å². The van der Waals surface area contributed by atoms with Crippen LogP contribution >= 0.6 is 0 Å². The van der Waals surface area contributed by atoms with Gasteiger partial charge in [0, 0.05) is 50.7 Å². The molecular weight excluding hydrogens is 641 g/mol. The third-order valence-corrected chi connectivity index (χ3v) is 9.21. The molecule has 0 aliphatic rings. The lowest BCUT2D eigenvalue weighted by atomic mass is 10.1. The van der Waals surface area contributed by atoms with Crippen LogP contribution in [0.2, 0.25) is 0 Å². The van der Waals surface area contributed by atoms with Gasteiger partial charge in [-0.05, 0) is 97.1 Å². The second-order valence-electron chi connectivity index (χ2n) is 12.1. The smallest absolute Gasteiger partial charge is 0.150 e. The molecule has 0 N–H and O–H groups in total. The van der Waals surface area contributed by atoms with Crippen molar-refractivity contribution in [3.63, 3.8) is 0 Å². The van der Waals surface area contributed by atoms with Crippen LogP contribution in [0.15, 0.2) is 146 Å². The largest absolute Gasteiger partial charge is 0.310 e. The Bertz CT molecular complexity index is 2610. The Hall–Kier alpha value is -6.41. The molecule has 242 valence electrons. The third-order valence-electron chi connectivity index (χ3n) is 9.21. The normalized spacial score (nSPS) is 11.7. The van der Waals surface area contributed by atoms with Crippen LogP contribution < -0.4 is 4.90 Å². The van der Waals surface area contributed by atoms with Gasteiger partial charge in [0.25, 0.3) is 0 Å². The summed E-state index contributed by atoms with van der Waals surface area (Å²) in [6, 6.07) is 40.1. The van der Waals surface area contributed by atoms with E-state index in [9.17, 15) is 13.2 Å². The Morgan fingerprint density at radius 2 is 0.740 bits per heavy atom. The standard InChI is InChI=1S/C42H24F5N3/c43-25-9-13-28(14-10-25)48(29-15-19-39-33(23-29)31-5-1-3-7-37(31)49(39)41-17-11-26(44)21-35(41)46)30-16-20-40-34(24-30)32-6-2-4-8-38(32)50(40)42-18-12-27(45)22-36(42)47/h1-24H. The van der Waals surface area contributed by atoms with E-state index < -0.39 is 23.3 Å². The van der Waals surface area contributed by atoms with E-state index in [4.69, 9.17) is 0 Å². The highest BCUT2D eigenvalue weighted by atomic mass is 19.1. The van der Waals surface area contributed by atoms with Gasteiger partial charge in [-0.3, -0.25) is 0 Å². The summed E-state index contributed by atoms with van der Waals surface area (Å²) in [5.74, 6) is -3.07. The number of fused-ring (bicyclic) bond motifs is 6. The topological polar surface area (TPSA) is 13.1 Å². The van der Waals surface area contributed by atoms with Gasteiger partial charge < -0.3 is 14.0 Å². The molecule has 0 amide bonds. The average Bonchev–Trinajstić information content (AvgIpc) is 3.62. The summed E-state index contributed by atoms with van der Waals surface area (Å²) in [6.07, 6.45) is 0. The molecule has 0 radical (unpaired) electrons. The molecule has 0 unspecified atom stereocenters. The van der Waals surface area contributed by atoms with Crippen LogP contribution in [-0.2, 0) is 0 Å². The van der Waals surface area contributed by atoms with Crippen molar-refractivity contribution in [2.75, 3.05) is 4.90 Å². The zero-order valence-corrected chi connectivity index (χ0v) is 26.1. The fraction of sp³-hybridized carbons (Fsp3) is 0. The molecule has 0 aliphatic heterocycles. The van der Waals surface area contributed by atoms with Gasteiger partial charge in [-0.2, -0.15) is 0 Å². The van der Waals surface area contributed by atoms with Crippen LogP contribution in [0.25, 0.3) is 55.0 Å². The summed E-state index contributed by atoms with van der Waals surface area (Å²) in [6.45, 7) is 0. The van der Waals surface area contributed by atoms with Crippen LogP contribution in [-0.4, -0.2) is 9.13 Å². The van der Waals surface area contributed by atoms with Crippen molar-refractivity contribution in [2.24, 2.45) is 0 Å². The maximum atomic E-state index is 15.2. The molecule has 0 aliphatic carbocycles. The number of nitrogens with zero attached hydrogens (tertiary/aromatic N) is 3. The molecule has 3 nitrogen and oxygen atoms in total. The number of rotatable bonds is 5. The SMILES string of the molecule is Fc1ccc(N(c2ccc3c(c2)c2ccccc2n3-c2ccc(F)cc2F)c2ccc3c(c2)c2ccccc2n3-c2ccc(F)cc2F)cc1. The maximum absolute atomic E-state index is 15.2.